The van der Waals surface area contributed by atoms with E-state index in [9.17, 15) is 4.79 Å². The minimum absolute atomic E-state index is 0.0864. The molecular weight excluding hydrogens is 444 g/mol. The van der Waals surface area contributed by atoms with E-state index in [0.717, 1.165) is 32.1 Å². The molecule has 8 nitrogen and oxygen atoms in total. The second-order valence-corrected chi connectivity index (χ2v) is 7.96. The molecule has 0 aliphatic heterocycles. The SMILES string of the molecule is CCCCc1ccc(Oc2nc(Nc3cccc(C(=O)OC)c3)nc(OC3=CCCC=C3)n2)cc1. The highest BCUT2D eigenvalue weighted by molar-refractivity contribution is 5.90. The maximum atomic E-state index is 11.9. The van der Waals surface area contributed by atoms with Crippen LogP contribution in [0, 0.1) is 0 Å². The second kappa shape index (κ2) is 11.8. The number of rotatable bonds is 10. The first kappa shape index (κ1) is 23.9. The van der Waals surface area contributed by atoms with Crippen molar-refractivity contribution in [2.75, 3.05) is 12.4 Å². The van der Waals surface area contributed by atoms with Gasteiger partial charge in [-0.05, 0) is 73.7 Å². The lowest BCUT2D eigenvalue weighted by atomic mass is 10.1. The number of hydrogen-bond acceptors (Lipinski definition) is 8. The second-order valence-electron chi connectivity index (χ2n) is 7.96. The summed E-state index contributed by atoms with van der Waals surface area (Å²) < 4.78 is 16.6. The molecule has 0 atom stereocenters. The van der Waals surface area contributed by atoms with Gasteiger partial charge >= 0.3 is 18.0 Å². The van der Waals surface area contributed by atoms with Crippen molar-refractivity contribution in [2.45, 2.75) is 39.0 Å². The molecule has 8 heteroatoms. The van der Waals surface area contributed by atoms with Crippen molar-refractivity contribution >= 4 is 17.6 Å². The summed E-state index contributed by atoms with van der Waals surface area (Å²) in [6.45, 7) is 2.17. The quantitative estimate of drug-likeness (QED) is 0.351. The lowest BCUT2D eigenvalue weighted by Gasteiger charge is -2.12. The number of aromatic nitrogens is 3. The number of carbonyl (C=O) groups is 1. The number of hydrogen-bond donors (Lipinski definition) is 1. The largest absolute Gasteiger partial charge is 0.465 e. The van der Waals surface area contributed by atoms with E-state index in [1.165, 1.54) is 12.7 Å². The van der Waals surface area contributed by atoms with Crippen molar-refractivity contribution in [3.05, 3.63) is 83.6 Å². The van der Waals surface area contributed by atoms with Crippen LogP contribution in [0.4, 0.5) is 11.6 Å². The van der Waals surface area contributed by atoms with Crippen LogP contribution in [0.5, 0.6) is 17.8 Å². The van der Waals surface area contributed by atoms with E-state index in [-0.39, 0.29) is 18.0 Å². The van der Waals surface area contributed by atoms with Crippen molar-refractivity contribution in [3.63, 3.8) is 0 Å². The number of anilines is 2. The van der Waals surface area contributed by atoms with E-state index < -0.39 is 5.97 Å². The van der Waals surface area contributed by atoms with Gasteiger partial charge in [0.25, 0.3) is 0 Å². The van der Waals surface area contributed by atoms with Crippen LogP contribution >= 0.6 is 0 Å². The molecule has 3 aromatic rings. The first-order chi connectivity index (χ1) is 17.1. The Morgan fingerprint density at radius 3 is 2.51 bits per heavy atom. The molecule has 0 spiro atoms. The Balaban J connectivity index is 1.58. The fraction of sp³-hybridized carbons (Fsp3) is 0.259. The number of nitrogens with zero attached hydrogens (tertiary/aromatic N) is 3. The third kappa shape index (κ3) is 6.89. The molecule has 0 unspecified atom stereocenters. The van der Waals surface area contributed by atoms with Crippen LogP contribution in [0.15, 0.2) is 72.5 Å². The van der Waals surface area contributed by atoms with Gasteiger partial charge in [-0.3, -0.25) is 0 Å². The summed E-state index contributed by atoms with van der Waals surface area (Å²) in [6, 6.07) is 14.9. The zero-order valence-corrected chi connectivity index (χ0v) is 19.9. The molecule has 180 valence electrons. The number of aryl methyl sites for hydroxylation is 1. The molecule has 0 amide bonds. The number of nitrogens with one attached hydrogen (secondary N) is 1. The van der Waals surface area contributed by atoms with Gasteiger partial charge in [0.05, 0.1) is 12.7 Å². The van der Waals surface area contributed by atoms with E-state index >= 15 is 0 Å². The number of esters is 1. The molecule has 35 heavy (non-hydrogen) atoms. The first-order valence-electron chi connectivity index (χ1n) is 11.7. The van der Waals surface area contributed by atoms with Gasteiger partial charge < -0.3 is 19.5 Å². The molecule has 1 heterocycles. The van der Waals surface area contributed by atoms with E-state index in [1.807, 2.05) is 42.5 Å². The maximum Gasteiger partial charge on any atom is 0.337 e. The van der Waals surface area contributed by atoms with Crippen LogP contribution in [0.2, 0.25) is 0 Å². The van der Waals surface area contributed by atoms with Gasteiger partial charge in [0.2, 0.25) is 5.95 Å². The number of methoxy groups -OCH3 is 1. The van der Waals surface area contributed by atoms with Gasteiger partial charge in [-0.15, -0.1) is 4.98 Å². The summed E-state index contributed by atoms with van der Waals surface area (Å²) in [6.07, 6.45) is 11.1. The molecule has 4 rings (SSSR count). The minimum Gasteiger partial charge on any atom is -0.465 e. The van der Waals surface area contributed by atoms with Crippen molar-refractivity contribution in [1.29, 1.82) is 0 Å². The lowest BCUT2D eigenvalue weighted by molar-refractivity contribution is 0.0600. The highest BCUT2D eigenvalue weighted by Gasteiger charge is 2.13. The summed E-state index contributed by atoms with van der Waals surface area (Å²) in [4.78, 5) is 25.0. The average molecular weight is 473 g/mol. The van der Waals surface area contributed by atoms with Crippen LogP contribution < -0.4 is 14.8 Å². The molecule has 1 aromatic heterocycles. The molecule has 0 radical (unpaired) electrons. The maximum absolute atomic E-state index is 11.9. The van der Waals surface area contributed by atoms with Gasteiger partial charge in [-0.25, -0.2) is 4.79 Å². The fourth-order valence-corrected chi connectivity index (χ4v) is 3.44. The molecule has 0 bridgehead atoms. The average Bonchev–Trinajstić information content (AvgIpc) is 2.88. The summed E-state index contributed by atoms with van der Waals surface area (Å²) in [5.74, 6) is 1.05. The van der Waals surface area contributed by atoms with Gasteiger partial charge in [0.15, 0.2) is 0 Å². The first-order valence-corrected chi connectivity index (χ1v) is 11.7. The van der Waals surface area contributed by atoms with Gasteiger partial charge in [0, 0.05) is 5.69 Å². The van der Waals surface area contributed by atoms with Crippen molar-refractivity contribution < 1.29 is 19.0 Å². The standard InChI is InChI=1S/C27H28N4O4/c1-3-4-9-19-14-16-23(17-15-19)35-27-30-25(28-21-11-8-10-20(18-21)24(32)33-2)29-26(31-27)34-22-12-6-5-7-13-22/h6,8,10-18H,3-5,7,9H2,1-2H3,(H,28,29,30,31). The Morgan fingerprint density at radius 2 is 1.80 bits per heavy atom. The molecule has 2 aromatic carbocycles. The third-order valence-corrected chi connectivity index (χ3v) is 5.26. The summed E-state index contributed by atoms with van der Waals surface area (Å²) >= 11 is 0. The number of allylic oxidation sites excluding steroid dienone is 3. The number of unbranched alkanes of at least 4 members (excludes halogenated alkanes) is 1. The van der Waals surface area contributed by atoms with Gasteiger partial charge in [-0.1, -0.05) is 37.6 Å². The van der Waals surface area contributed by atoms with E-state index in [0.29, 0.717) is 22.8 Å². The zero-order valence-electron chi connectivity index (χ0n) is 19.9. The minimum atomic E-state index is -0.434. The summed E-state index contributed by atoms with van der Waals surface area (Å²) in [7, 11) is 1.34. The Morgan fingerprint density at radius 1 is 1.00 bits per heavy atom. The van der Waals surface area contributed by atoms with E-state index in [2.05, 4.69) is 27.2 Å². The van der Waals surface area contributed by atoms with Crippen LogP contribution in [-0.2, 0) is 11.2 Å². The number of carbonyl (C=O) groups excluding carboxylic acids is 1. The van der Waals surface area contributed by atoms with Crippen molar-refractivity contribution in [1.82, 2.24) is 15.0 Å². The van der Waals surface area contributed by atoms with Crippen LogP contribution in [0.25, 0.3) is 0 Å². The summed E-state index contributed by atoms with van der Waals surface area (Å²) in [5.41, 5.74) is 2.26. The highest BCUT2D eigenvalue weighted by Crippen LogP contribution is 2.25. The van der Waals surface area contributed by atoms with Crippen molar-refractivity contribution in [2.24, 2.45) is 0 Å². The highest BCUT2D eigenvalue weighted by atomic mass is 16.5. The Hall–Kier alpha value is -4.20. The number of ether oxygens (including phenoxy) is 3. The van der Waals surface area contributed by atoms with Crippen LogP contribution in [0.1, 0.15) is 48.5 Å². The fourth-order valence-electron chi connectivity index (χ4n) is 3.44. The van der Waals surface area contributed by atoms with E-state index in [1.54, 1.807) is 24.3 Å². The predicted octanol–water partition coefficient (Wildman–Crippen LogP) is 6.15. The monoisotopic (exact) mass is 472 g/mol. The number of benzene rings is 2. The normalized spacial score (nSPS) is 12.6. The zero-order chi connectivity index (χ0) is 24.5. The van der Waals surface area contributed by atoms with Crippen molar-refractivity contribution in [3.8, 4) is 17.8 Å². The topological polar surface area (TPSA) is 95.5 Å². The molecule has 0 fully saturated rings. The molecular formula is C27H28N4O4. The van der Waals surface area contributed by atoms with Crippen LogP contribution in [-0.4, -0.2) is 28.0 Å². The van der Waals surface area contributed by atoms with Crippen LogP contribution in [0.3, 0.4) is 0 Å². The smallest absolute Gasteiger partial charge is 0.337 e. The molecule has 1 aliphatic rings. The molecule has 0 saturated heterocycles. The predicted molar refractivity (Wildman–Crippen MR) is 133 cm³/mol. The Kier molecular flexibility index (Phi) is 8.06. The molecule has 1 aliphatic carbocycles. The Bertz CT molecular complexity index is 1220. The van der Waals surface area contributed by atoms with E-state index in [4.69, 9.17) is 14.2 Å². The van der Waals surface area contributed by atoms with Gasteiger partial charge in [-0.2, -0.15) is 9.97 Å². The molecule has 0 saturated carbocycles. The Labute approximate surface area is 204 Å². The lowest BCUT2D eigenvalue weighted by Crippen LogP contribution is -2.06. The third-order valence-electron chi connectivity index (χ3n) is 5.26. The van der Waals surface area contributed by atoms with Gasteiger partial charge in [0.1, 0.15) is 11.5 Å². The molecule has 1 N–H and O–H groups in total. The summed E-state index contributed by atoms with van der Waals surface area (Å²) in [5, 5.41) is 3.09.